The van der Waals surface area contributed by atoms with Crippen molar-refractivity contribution in [3.63, 3.8) is 0 Å². The Balaban J connectivity index is 1.41. The highest BCUT2D eigenvalue weighted by Crippen LogP contribution is 2.29. The Morgan fingerprint density at radius 1 is 1.14 bits per heavy atom. The summed E-state index contributed by atoms with van der Waals surface area (Å²) in [6.07, 6.45) is 8.18. The molecule has 8 nitrogen and oxygen atoms in total. The molecule has 0 radical (unpaired) electrons. The third kappa shape index (κ3) is 2.75. The average Bonchev–Trinajstić information content (AvgIpc) is 3.44. The Morgan fingerprint density at radius 2 is 2.07 bits per heavy atom. The van der Waals surface area contributed by atoms with Gasteiger partial charge in [-0.25, -0.2) is 4.98 Å². The van der Waals surface area contributed by atoms with E-state index in [0.717, 1.165) is 23.0 Å². The molecule has 0 unspecified atom stereocenters. The van der Waals surface area contributed by atoms with Crippen LogP contribution in [0.2, 0.25) is 0 Å². The number of hydrogen-bond donors (Lipinski definition) is 1. The van der Waals surface area contributed by atoms with Crippen molar-refractivity contribution in [3.8, 4) is 5.69 Å². The van der Waals surface area contributed by atoms with Crippen LogP contribution in [0.5, 0.6) is 0 Å². The van der Waals surface area contributed by atoms with Crippen molar-refractivity contribution in [3.05, 3.63) is 72.3 Å². The molecule has 1 N–H and O–H groups in total. The quantitative estimate of drug-likeness (QED) is 0.597. The Bertz CT molecular complexity index is 1180. The lowest BCUT2D eigenvalue weighted by Crippen LogP contribution is -2.35. The number of amides is 1. The Labute approximate surface area is 160 Å². The summed E-state index contributed by atoms with van der Waals surface area (Å²) in [5.41, 5.74) is 4.53. The van der Waals surface area contributed by atoms with Gasteiger partial charge < -0.3 is 9.88 Å². The molecule has 28 heavy (non-hydrogen) atoms. The highest BCUT2D eigenvalue weighted by molar-refractivity contribution is 5.98. The van der Waals surface area contributed by atoms with E-state index < -0.39 is 0 Å². The summed E-state index contributed by atoms with van der Waals surface area (Å²) in [5.74, 6) is -0.0259. The minimum absolute atomic E-state index is 0.0259. The van der Waals surface area contributed by atoms with E-state index in [1.165, 1.54) is 16.6 Å². The number of aromatic nitrogens is 6. The average molecular weight is 371 g/mol. The number of carbonyl (C=O) groups is 1. The van der Waals surface area contributed by atoms with Crippen LogP contribution < -0.4 is 0 Å². The van der Waals surface area contributed by atoms with Crippen LogP contribution in [0.25, 0.3) is 22.3 Å². The lowest BCUT2D eigenvalue weighted by atomic mass is 9.99. The molecule has 1 aliphatic heterocycles. The number of carbonyl (C=O) groups excluding carboxylic acids is 1. The first-order chi connectivity index (χ1) is 13.8. The van der Waals surface area contributed by atoms with Gasteiger partial charge in [0.05, 0.1) is 11.3 Å². The van der Waals surface area contributed by atoms with Crippen LogP contribution in [0, 0.1) is 0 Å². The first-order valence-electron chi connectivity index (χ1n) is 9.04. The normalized spacial score (nSPS) is 14.3. The van der Waals surface area contributed by atoms with E-state index in [-0.39, 0.29) is 5.91 Å². The summed E-state index contributed by atoms with van der Waals surface area (Å²) < 4.78 is 1.51. The monoisotopic (exact) mass is 371 g/mol. The van der Waals surface area contributed by atoms with Gasteiger partial charge in [0, 0.05) is 36.4 Å². The van der Waals surface area contributed by atoms with Gasteiger partial charge in [-0.05, 0) is 46.7 Å². The molecule has 0 atom stereocenters. The molecule has 5 rings (SSSR count). The van der Waals surface area contributed by atoms with E-state index in [2.05, 4.69) is 37.6 Å². The predicted octanol–water partition coefficient (Wildman–Crippen LogP) is 2.47. The van der Waals surface area contributed by atoms with Crippen LogP contribution in [-0.2, 0) is 0 Å². The zero-order valence-corrected chi connectivity index (χ0v) is 15.0. The summed E-state index contributed by atoms with van der Waals surface area (Å²) in [5, 5.41) is 12.4. The number of tetrazole rings is 1. The van der Waals surface area contributed by atoms with Gasteiger partial charge in [-0.2, -0.15) is 4.68 Å². The fourth-order valence-corrected chi connectivity index (χ4v) is 3.62. The zero-order chi connectivity index (χ0) is 18.9. The van der Waals surface area contributed by atoms with Gasteiger partial charge in [0.1, 0.15) is 12.0 Å². The Kier molecular flexibility index (Phi) is 3.93. The number of aromatic amines is 1. The minimum atomic E-state index is -0.0259. The fourth-order valence-electron chi connectivity index (χ4n) is 3.62. The number of hydrogen-bond acceptors (Lipinski definition) is 5. The van der Waals surface area contributed by atoms with Crippen LogP contribution >= 0.6 is 0 Å². The Hall–Kier alpha value is -3.81. The number of rotatable bonds is 3. The van der Waals surface area contributed by atoms with Gasteiger partial charge in [0.25, 0.3) is 5.91 Å². The van der Waals surface area contributed by atoms with Gasteiger partial charge in [0.15, 0.2) is 0 Å². The van der Waals surface area contributed by atoms with E-state index in [1.807, 2.05) is 41.4 Å². The molecule has 1 aliphatic rings. The van der Waals surface area contributed by atoms with Gasteiger partial charge in [-0.3, -0.25) is 4.79 Å². The SMILES string of the molecule is O=C(c1ccccc1-n1cnnn1)N1CC=C(c2c[nH]c3ncccc23)CC1. The lowest BCUT2D eigenvalue weighted by Gasteiger charge is -2.27. The van der Waals surface area contributed by atoms with Gasteiger partial charge in [0.2, 0.25) is 0 Å². The smallest absolute Gasteiger partial charge is 0.256 e. The number of nitrogens with one attached hydrogen (secondary N) is 1. The first kappa shape index (κ1) is 16.4. The second kappa shape index (κ2) is 6.73. The van der Waals surface area contributed by atoms with Crippen LogP contribution in [0.3, 0.4) is 0 Å². The topological polar surface area (TPSA) is 92.6 Å². The van der Waals surface area contributed by atoms with E-state index in [1.54, 1.807) is 6.20 Å². The molecule has 0 fully saturated rings. The van der Waals surface area contributed by atoms with Crippen LogP contribution in [0.1, 0.15) is 22.3 Å². The van der Waals surface area contributed by atoms with Crippen LogP contribution in [-0.4, -0.2) is 54.1 Å². The third-order valence-corrected chi connectivity index (χ3v) is 5.02. The van der Waals surface area contributed by atoms with Crippen molar-refractivity contribution >= 4 is 22.5 Å². The summed E-state index contributed by atoms with van der Waals surface area (Å²) in [4.78, 5) is 22.5. The summed E-state index contributed by atoms with van der Waals surface area (Å²) in [7, 11) is 0. The highest BCUT2D eigenvalue weighted by Gasteiger charge is 2.23. The molecule has 4 heterocycles. The number of fused-ring (bicyclic) bond motifs is 1. The summed E-state index contributed by atoms with van der Waals surface area (Å²) >= 11 is 0. The van der Waals surface area contributed by atoms with E-state index in [0.29, 0.717) is 24.3 Å². The van der Waals surface area contributed by atoms with Crippen molar-refractivity contribution in [1.82, 2.24) is 35.1 Å². The largest absolute Gasteiger partial charge is 0.346 e. The predicted molar refractivity (Wildman–Crippen MR) is 104 cm³/mol. The molecule has 0 bridgehead atoms. The van der Waals surface area contributed by atoms with Crippen molar-refractivity contribution in [2.45, 2.75) is 6.42 Å². The van der Waals surface area contributed by atoms with Crippen LogP contribution in [0.4, 0.5) is 0 Å². The Morgan fingerprint density at radius 3 is 2.89 bits per heavy atom. The van der Waals surface area contributed by atoms with Crippen molar-refractivity contribution in [2.24, 2.45) is 0 Å². The molecule has 1 amide bonds. The standard InChI is InChI=1S/C20H17N7O/c28-20(16-4-1-2-6-18(16)27-13-23-24-25-27)26-10-7-14(8-11-26)17-12-22-19-15(17)5-3-9-21-19/h1-7,9,12-13H,8,10-11H2,(H,21,22). The minimum Gasteiger partial charge on any atom is -0.346 e. The number of pyridine rings is 1. The van der Waals surface area contributed by atoms with Crippen molar-refractivity contribution in [1.29, 1.82) is 0 Å². The molecule has 0 spiro atoms. The molecule has 138 valence electrons. The van der Waals surface area contributed by atoms with Crippen LogP contribution in [0.15, 0.2) is 61.2 Å². The summed E-state index contributed by atoms with van der Waals surface area (Å²) in [6.45, 7) is 1.21. The summed E-state index contributed by atoms with van der Waals surface area (Å²) in [6, 6.07) is 11.4. The van der Waals surface area contributed by atoms with Crippen molar-refractivity contribution < 1.29 is 4.79 Å². The zero-order valence-electron chi connectivity index (χ0n) is 15.0. The number of nitrogens with zero attached hydrogens (tertiary/aromatic N) is 6. The maximum atomic E-state index is 13.1. The second-order valence-corrected chi connectivity index (χ2v) is 6.60. The number of H-pyrrole nitrogens is 1. The molecule has 0 saturated heterocycles. The maximum Gasteiger partial charge on any atom is 0.256 e. The molecule has 0 saturated carbocycles. The van der Waals surface area contributed by atoms with E-state index in [9.17, 15) is 4.79 Å². The third-order valence-electron chi connectivity index (χ3n) is 5.02. The number of para-hydroxylation sites is 1. The van der Waals surface area contributed by atoms with E-state index >= 15 is 0 Å². The maximum absolute atomic E-state index is 13.1. The fraction of sp³-hybridized carbons (Fsp3) is 0.150. The van der Waals surface area contributed by atoms with Gasteiger partial charge >= 0.3 is 0 Å². The first-order valence-corrected chi connectivity index (χ1v) is 9.04. The molecular weight excluding hydrogens is 354 g/mol. The van der Waals surface area contributed by atoms with Crippen molar-refractivity contribution in [2.75, 3.05) is 13.1 Å². The molecule has 8 heteroatoms. The molecular formula is C20H17N7O. The molecule has 3 aromatic heterocycles. The molecule has 0 aliphatic carbocycles. The van der Waals surface area contributed by atoms with Gasteiger partial charge in [-0.15, -0.1) is 5.10 Å². The highest BCUT2D eigenvalue weighted by atomic mass is 16.2. The molecule has 1 aromatic carbocycles. The lowest BCUT2D eigenvalue weighted by molar-refractivity contribution is 0.0772. The number of benzene rings is 1. The molecule has 4 aromatic rings. The second-order valence-electron chi connectivity index (χ2n) is 6.60. The van der Waals surface area contributed by atoms with Gasteiger partial charge in [-0.1, -0.05) is 18.2 Å². The van der Waals surface area contributed by atoms with E-state index in [4.69, 9.17) is 0 Å².